The van der Waals surface area contributed by atoms with Gasteiger partial charge in [0.15, 0.2) is 0 Å². The summed E-state index contributed by atoms with van der Waals surface area (Å²) in [6, 6.07) is 13.8. The summed E-state index contributed by atoms with van der Waals surface area (Å²) >= 11 is 4.80. The molecule has 1 atom stereocenters. The molecule has 31 heavy (non-hydrogen) atoms. The molecule has 158 valence electrons. The number of hydrogen-bond acceptors (Lipinski definition) is 8. The minimum absolute atomic E-state index is 0.0201. The summed E-state index contributed by atoms with van der Waals surface area (Å²) in [5.74, 6) is 1.01. The molecule has 1 unspecified atom stereocenters. The van der Waals surface area contributed by atoms with E-state index in [0.29, 0.717) is 17.5 Å². The molecule has 1 amide bonds. The van der Waals surface area contributed by atoms with Crippen LogP contribution in [0.2, 0.25) is 0 Å². The summed E-state index contributed by atoms with van der Waals surface area (Å²) in [7, 11) is 1.61. The monoisotopic (exact) mass is 469 g/mol. The van der Waals surface area contributed by atoms with E-state index in [1.165, 1.54) is 27.1 Å². The summed E-state index contributed by atoms with van der Waals surface area (Å²) in [5, 5.41) is 16.8. The molecule has 0 bridgehead atoms. The number of methoxy groups -OCH3 is 1. The smallest absolute Gasteiger partial charge is 0.233 e. The van der Waals surface area contributed by atoms with Crippen LogP contribution in [0.15, 0.2) is 58.4 Å². The third kappa shape index (κ3) is 3.86. The van der Waals surface area contributed by atoms with Gasteiger partial charge in [0.2, 0.25) is 11.1 Å². The zero-order valence-corrected chi connectivity index (χ0v) is 19.1. The van der Waals surface area contributed by atoms with Crippen molar-refractivity contribution < 1.29 is 9.53 Å². The van der Waals surface area contributed by atoms with Crippen molar-refractivity contribution in [1.29, 1.82) is 0 Å². The predicted molar refractivity (Wildman–Crippen MR) is 122 cm³/mol. The zero-order chi connectivity index (χ0) is 21.2. The Balaban J connectivity index is 1.37. The van der Waals surface area contributed by atoms with Crippen LogP contribution in [0.5, 0.6) is 5.75 Å². The lowest BCUT2D eigenvalue weighted by Gasteiger charge is -2.35. The van der Waals surface area contributed by atoms with Crippen molar-refractivity contribution in [3.8, 4) is 11.4 Å². The predicted octanol–water partition coefficient (Wildman–Crippen LogP) is 4.06. The quantitative estimate of drug-likeness (QED) is 0.397. The number of thioether (sulfide) groups is 1. The van der Waals surface area contributed by atoms with Crippen LogP contribution in [0.3, 0.4) is 0 Å². The molecular weight excluding hydrogens is 450 g/mol. The van der Waals surface area contributed by atoms with Gasteiger partial charge in [0, 0.05) is 16.3 Å². The average Bonchev–Trinajstić information content (AvgIpc) is 3.58. The Labute approximate surface area is 191 Å². The largest absolute Gasteiger partial charge is 0.494 e. The van der Waals surface area contributed by atoms with E-state index in [9.17, 15) is 4.79 Å². The number of amides is 1. The summed E-state index contributed by atoms with van der Waals surface area (Å²) in [4.78, 5) is 17.9. The van der Waals surface area contributed by atoms with Crippen LogP contribution in [-0.4, -0.2) is 50.4 Å². The highest BCUT2D eigenvalue weighted by Gasteiger charge is 2.33. The second-order valence-corrected chi connectivity index (χ2v) is 9.81. The van der Waals surface area contributed by atoms with Crippen LogP contribution in [0.25, 0.3) is 5.69 Å². The fourth-order valence-electron chi connectivity index (χ4n) is 3.77. The Hall–Kier alpha value is -2.69. The standard InChI is InChI=1S/C21H19N5O2S3/c1-28-16-6-3-2-5-15(16)26-21(22-23-24-26)31-13-19(27)25-10-8-17-14(9-12-30-17)20(25)18-7-4-11-29-18/h2-7,9,11-12,20H,8,10,13H2,1H3. The Morgan fingerprint density at radius 2 is 2.10 bits per heavy atom. The third-order valence-corrected chi connectivity index (χ3v) is 8.00. The number of thiophene rings is 2. The van der Waals surface area contributed by atoms with Gasteiger partial charge in [0.1, 0.15) is 11.4 Å². The van der Waals surface area contributed by atoms with Gasteiger partial charge in [-0.15, -0.1) is 27.8 Å². The number of hydrogen-bond donors (Lipinski definition) is 0. The topological polar surface area (TPSA) is 73.1 Å². The number of fused-ring (bicyclic) bond motifs is 1. The number of benzene rings is 1. The van der Waals surface area contributed by atoms with Gasteiger partial charge in [-0.05, 0) is 57.4 Å². The van der Waals surface area contributed by atoms with Crippen molar-refractivity contribution in [2.75, 3.05) is 19.4 Å². The molecule has 0 saturated carbocycles. The fourth-order valence-corrected chi connectivity index (χ4v) is 6.30. The number of aromatic nitrogens is 4. The number of ether oxygens (including phenoxy) is 1. The average molecular weight is 470 g/mol. The summed E-state index contributed by atoms with van der Waals surface area (Å²) < 4.78 is 7.04. The van der Waals surface area contributed by atoms with Gasteiger partial charge < -0.3 is 9.64 Å². The first-order valence-corrected chi connectivity index (χ1v) is 12.4. The number of rotatable bonds is 6. The van der Waals surface area contributed by atoms with Crippen molar-refractivity contribution in [3.05, 3.63) is 68.5 Å². The van der Waals surface area contributed by atoms with E-state index in [-0.39, 0.29) is 17.7 Å². The summed E-state index contributed by atoms with van der Waals surface area (Å²) in [5.41, 5.74) is 1.98. The number of carbonyl (C=O) groups excluding carboxylic acids is 1. The maximum Gasteiger partial charge on any atom is 0.233 e. The van der Waals surface area contributed by atoms with E-state index in [1.54, 1.807) is 34.5 Å². The van der Waals surface area contributed by atoms with Gasteiger partial charge in [-0.3, -0.25) is 4.79 Å². The molecule has 0 spiro atoms. The molecule has 0 saturated heterocycles. The summed E-state index contributed by atoms with van der Waals surface area (Å²) in [6.07, 6.45) is 0.893. The first kappa shape index (κ1) is 20.2. The molecule has 1 aliphatic rings. The second-order valence-electron chi connectivity index (χ2n) is 6.89. The van der Waals surface area contributed by atoms with E-state index in [4.69, 9.17) is 4.74 Å². The van der Waals surface area contributed by atoms with E-state index in [0.717, 1.165) is 12.1 Å². The van der Waals surface area contributed by atoms with Gasteiger partial charge in [-0.2, -0.15) is 4.68 Å². The molecule has 0 N–H and O–H groups in total. The molecule has 0 fully saturated rings. The van der Waals surface area contributed by atoms with Crippen molar-refractivity contribution in [2.24, 2.45) is 0 Å². The number of para-hydroxylation sites is 2. The Kier molecular flexibility index (Phi) is 5.75. The molecule has 4 heterocycles. The lowest BCUT2D eigenvalue weighted by molar-refractivity contribution is -0.130. The van der Waals surface area contributed by atoms with E-state index in [2.05, 4.69) is 38.4 Å². The zero-order valence-electron chi connectivity index (χ0n) is 16.7. The Morgan fingerprint density at radius 1 is 1.19 bits per heavy atom. The van der Waals surface area contributed by atoms with Crippen LogP contribution in [0.4, 0.5) is 0 Å². The molecule has 5 rings (SSSR count). The number of nitrogens with zero attached hydrogens (tertiary/aromatic N) is 5. The third-order valence-electron chi connectivity index (χ3n) is 5.18. The van der Waals surface area contributed by atoms with Crippen molar-refractivity contribution in [3.63, 3.8) is 0 Å². The molecule has 3 aromatic heterocycles. The SMILES string of the molecule is COc1ccccc1-n1nnnc1SCC(=O)N1CCc2sccc2C1c1cccs1. The Morgan fingerprint density at radius 3 is 2.94 bits per heavy atom. The lowest BCUT2D eigenvalue weighted by Crippen LogP contribution is -2.40. The minimum Gasteiger partial charge on any atom is -0.494 e. The van der Waals surface area contributed by atoms with Gasteiger partial charge in [-0.25, -0.2) is 0 Å². The first-order chi connectivity index (χ1) is 15.3. The first-order valence-electron chi connectivity index (χ1n) is 9.70. The van der Waals surface area contributed by atoms with Crippen LogP contribution < -0.4 is 4.74 Å². The van der Waals surface area contributed by atoms with Gasteiger partial charge in [0.05, 0.1) is 18.9 Å². The Bertz CT molecular complexity index is 1190. The van der Waals surface area contributed by atoms with Crippen LogP contribution >= 0.6 is 34.4 Å². The van der Waals surface area contributed by atoms with Gasteiger partial charge in [0.25, 0.3) is 0 Å². The molecule has 10 heteroatoms. The minimum atomic E-state index is -0.0201. The van der Waals surface area contributed by atoms with Crippen LogP contribution in [0.1, 0.15) is 21.4 Å². The van der Waals surface area contributed by atoms with Crippen molar-refractivity contribution in [2.45, 2.75) is 17.6 Å². The molecule has 4 aromatic rings. The highest BCUT2D eigenvalue weighted by atomic mass is 32.2. The number of carbonyl (C=O) groups is 1. The maximum atomic E-state index is 13.3. The van der Waals surface area contributed by atoms with Gasteiger partial charge in [-0.1, -0.05) is 30.0 Å². The molecule has 0 radical (unpaired) electrons. The maximum absolute atomic E-state index is 13.3. The normalized spacial score (nSPS) is 15.6. The van der Waals surface area contributed by atoms with Crippen molar-refractivity contribution >= 4 is 40.3 Å². The fraction of sp³-hybridized carbons (Fsp3) is 0.238. The summed E-state index contributed by atoms with van der Waals surface area (Å²) in [6.45, 7) is 0.715. The number of tetrazole rings is 1. The van der Waals surface area contributed by atoms with Crippen LogP contribution in [0, 0.1) is 0 Å². The molecular formula is C21H19N5O2S3. The van der Waals surface area contributed by atoms with E-state index in [1.807, 2.05) is 35.2 Å². The van der Waals surface area contributed by atoms with E-state index >= 15 is 0 Å². The van der Waals surface area contributed by atoms with Crippen LogP contribution in [-0.2, 0) is 11.2 Å². The molecule has 7 nitrogen and oxygen atoms in total. The van der Waals surface area contributed by atoms with Gasteiger partial charge >= 0.3 is 0 Å². The highest BCUT2D eigenvalue weighted by Crippen LogP contribution is 2.40. The lowest BCUT2D eigenvalue weighted by atomic mass is 9.98. The van der Waals surface area contributed by atoms with Crippen molar-refractivity contribution in [1.82, 2.24) is 25.1 Å². The highest BCUT2D eigenvalue weighted by molar-refractivity contribution is 7.99. The molecule has 1 aliphatic heterocycles. The molecule has 1 aromatic carbocycles. The molecule has 0 aliphatic carbocycles. The van der Waals surface area contributed by atoms with E-state index < -0.39 is 0 Å². The second kappa shape index (κ2) is 8.81.